The van der Waals surface area contributed by atoms with Crippen molar-refractivity contribution in [1.82, 2.24) is 9.78 Å². The van der Waals surface area contributed by atoms with Crippen molar-refractivity contribution in [2.45, 2.75) is 26.2 Å². The highest BCUT2D eigenvalue weighted by Gasteiger charge is 2.22. The molecule has 0 saturated heterocycles. The van der Waals surface area contributed by atoms with E-state index >= 15 is 0 Å². The molecular weight excluding hydrogens is 353 g/mol. The SMILES string of the molecule is CC(C)(C)c1cc(NC(=O)c2cccc(Cl)c2)n(-c2cccc(F)c2)n1. The molecule has 1 heterocycles. The second-order valence-electron chi connectivity index (χ2n) is 7.02. The molecule has 0 aliphatic rings. The zero-order valence-corrected chi connectivity index (χ0v) is 15.5. The summed E-state index contributed by atoms with van der Waals surface area (Å²) >= 11 is 5.96. The van der Waals surface area contributed by atoms with Crippen LogP contribution in [0.3, 0.4) is 0 Å². The Morgan fingerprint density at radius 2 is 1.85 bits per heavy atom. The number of nitrogens with zero attached hydrogens (tertiary/aromatic N) is 2. The molecule has 0 bridgehead atoms. The van der Waals surface area contributed by atoms with E-state index in [0.29, 0.717) is 22.1 Å². The highest BCUT2D eigenvalue weighted by Crippen LogP contribution is 2.27. The van der Waals surface area contributed by atoms with E-state index in [1.807, 2.05) is 20.8 Å². The number of carbonyl (C=O) groups is 1. The van der Waals surface area contributed by atoms with Crippen molar-refractivity contribution in [2.75, 3.05) is 5.32 Å². The minimum Gasteiger partial charge on any atom is -0.306 e. The maximum atomic E-state index is 13.7. The Hall–Kier alpha value is -2.66. The van der Waals surface area contributed by atoms with E-state index in [0.717, 1.165) is 5.69 Å². The maximum Gasteiger partial charge on any atom is 0.256 e. The van der Waals surface area contributed by atoms with Crippen molar-refractivity contribution in [1.29, 1.82) is 0 Å². The Bertz CT molecular complexity index is 960. The normalized spacial score (nSPS) is 11.4. The van der Waals surface area contributed by atoms with Crippen molar-refractivity contribution in [3.8, 4) is 5.69 Å². The molecule has 0 radical (unpaired) electrons. The van der Waals surface area contributed by atoms with Crippen LogP contribution in [0.4, 0.5) is 10.2 Å². The van der Waals surface area contributed by atoms with Gasteiger partial charge in [-0.3, -0.25) is 4.79 Å². The van der Waals surface area contributed by atoms with Crippen molar-refractivity contribution in [2.24, 2.45) is 0 Å². The lowest BCUT2D eigenvalue weighted by Crippen LogP contribution is -2.15. The van der Waals surface area contributed by atoms with Gasteiger partial charge in [0.25, 0.3) is 5.91 Å². The Kier molecular flexibility index (Phi) is 4.83. The summed E-state index contributed by atoms with van der Waals surface area (Å²) in [5.74, 6) is -0.224. The molecule has 6 heteroatoms. The molecule has 26 heavy (non-hydrogen) atoms. The molecule has 0 aliphatic carbocycles. The lowest BCUT2D eigenvalue weighted by atomic mass is 9.92. The van der Waals surface area contributed by atoms with Crippen LogP contribution < -0.4 is 5.32 Å². The predicted octanol–water partition coefficient (Wildman–Crippen LogP) is 5.21. The molecule has 0 aliphatic heterocycles. The van der Waals surface area contributed by atoms with Crippen LogP contribution in [0.1, 0.15) is 36.8 Å². The monoisotopic (exact) mass is 371 g/mol. The van der Waals surface area contributed by atoms with Gasteiger partial charge in [0.05, 0.1) is 11.4 Å². The highest BCUT2D eigenvalue weighted by molar-refractivity contribution is 6.31. The van der Waals surface area contributed by atoms with E-state index in [4.69, 9.17) is 11.6 Å². The fourth-order valence-corrected chi connectivity index (χ4v) is 2.65. The van der Waals surface area contributed by atoms with Gasteiger partial charge in [-0.15, -0.1) is 0 Å². The van der Waals surface area contributed by atoms with Crippen molar-refractivity contribution in [3.63, 3.8) is 0 Å². The Balaban J connectivity index is 2.02. The number of anilines is 1. The van der Waals surface area contributed by atoms with Gasteiger partial charge in [-0.05, 0) is 36.4 Å². The van der Waals surface area contributed by atoms with Gasteiger partial charge in [0.2, 0.25) is 0 Å². The molecule has 0 fully saturated rings. The number of benzene rings is 2. The third kappa shape index (κ3) is 3.94. The molecule has 0 spiro atoms. The summed E-state index contributed by atoms with van der Waals surface area (Å²) < 4.78 is 15.2. The van der Waals surface area contributed by atoms with Crippen LogP contribution >= 0.6 is 11.6 Å². The molecule has 1 amide bonds. The number of amides is 1. The summed E-state index contributed by atoms with van der Waals surface area (Å²) in [6, 6.07) is 14.5. The van der Waals surface area contributed by atoms with Gasteiger partial charge in [-0.25, -0.2) is 9.07 Å². The first-order valence-electron chi connectivity index (χ1n) is 8.17. The molecule has 2 aromatic carbocycles. The second kappa shape index (κ2) is 6.92. The van der Waals surface area contributed by atoms with Crippen LogP contribution in [-0.4, -0.2) is 15.7 Å². The van der Waals surface area contributed by atoms with Crippen LogP contribution in [0, 0.1) is 5.82 Å². The summed E-state index contributed by atoms with van der Waals surface area (Å²) in [6.07, 6.45) is 0. The Morgan fingerprint density at radius 1 is 1.12 bits per heavy atom. The average molecular weight is 372 g/mol. The first-order valence-corrected chi connectivity index (χ1v) is 8.55. The van der Waals surface area contributed by atoms with E-state index in [-0.39, 0.29) is 17.1 Å². The predicted molar refractivity (Wildman–Crippen MR) is 102 cm³/mol. The first kappa shape index (κ1) is 18.1. The number of nitrogens with one attached hydrogen (secondary N) is 1. The minimum absolute atomic E-state index is 0.228. The van der Waals surface area contributed by atoms with Gasteiger partial charge in [0.1, 0.15) is 11.6 Å². The zero-order chi connectivity index (χ0) is 18.9. The number of carbonyl (C=O) groups excluding carboxylic acids is 1. The molecule has 0 unspecified atom stereocenters. The fourth-order valence-electron chi connectivity index (χ4n) is 2.46. The van der Waals surface area contributed by atoms with Gasteiger partial charge in [0.15, 0.2) is 0 Å². The smallest absolute Gasteiger partial charge is 0.256 e. The molecule has 0 atom stereocenters. The van der Waals surface area contributed by atoms with Crippen LogP contribution in [0.5, 0.6) is 0 Å². The molecule has 3 rings (SSSR count). The lowest BCUT2D eigenvalue weighted by Gasteiger charge is -2.14. The summed E-state index contributed by atoms with van der Waals surface area (Å²) in [6.45, 7) is 6.06. The summed E-state index contributed by atoms with van der Waals surface area (Å²) in [7, 11) is 0. The Morgan fingerprint density at radius 3 is 2.50 bits per heavy atom. The molecule has 4 nitrogen and oxygen atoms in total. The van der Waals surface area contributed by atoms with E-state index in [9.17, 15) is 9.18 Å². The number of rotatable bonds is 3. The van der Waals surface area contributed by atoms with Crippen LogP contribution in [0.15, 0.2) is 54.6 Å². The maximum absolute atomic E-state index is 13.7. The van der Waals surface area contributed by atoms with Gasteiger partial charge >= 0.3 is 0 Å². The van der Waals surface area contributed by atoms with E-state index in [1.165, 1.54) is 16.8 Å². The number of hydrogen-bond donors (Lipinski definition) is 1. The van der Waals surface area contributed by atoms with Crippen molar-refractivity contribution < 1.29 is 9.18 Å². The van der Waals surface area contributed by atoms with Crippen molar-refractivity contribution >= 4 is 23.3 Å². The third-order valence-corrected chi connectivity index (χ3v) is 4.09. The average Bonchev–Trinajstić information content (AvgIpc) is 2.99. The highest BCUT2D eigenvalue weighted by atomic mass is 35.5. The molecule has 134 valence electrons. The van der Waals surface area contributed by atoms with E-state index in [2.05, 4.69) is 10.4 Å². The molecule has 1 N–H and O–H groups in total. The number of halogens is 2. The quantitative estimate of drug-likeness (QED) is 0.686. The molecular formula is C20H19ClFN3O. The molecule has 3 aromatic rings. The van der Waals surface area contributed by atoms with Gasteiger partial charge in [-0.1, -0.05) is 44.5 Å². The summed E-state index contributed by atoms with van der Waals surface area (Å²) in [5, 5.41) is 7.89. The topological polar surface area (TPSA) is 46.9 Å². The summed E-state index contributed by atoms with van der Waals surface area (Å²) in [4.78, 5) is 12.6. The molecule has 1 aromatic heterocycles. The second-order valence-corrected chi connectivity index (χ2v) is 7.46. The number of hydrogen-bond acceptors (Lipinski definition) is 2. The third-order valence-electron chi connectivity index (χ3n) is 3.86. The van der Waals surface area contributed by atoms with E-state index in [1.54, 1.807) is 42.5 Å². The zero-order valence-electron chi connectivity index (χ0n) is 14.8. The van der Waals surface area contributed by atoms with Gasteiger partial charge < -0.3 is 5.32 Å². The van der Waals surface area contributed by atoms with Crippen LogP contribution in [0.2, 0.25) is 5.02 Å². The molecule has 0 saturated carbocycles. The largest absolute Gasteiger partial charge is 0.306 e. The van der Waals surface area contributed by atoms with Crippen LogP contribution in [0.25, 0.3) is 5.69 Å². The lowest BCUT2D eigenvalue weighted by molar-refractivity contribution is 0.102. The fraction of sp³-hybridized carbons (Fsp3) is 0.200. The van der Waals surface area contributed by atoms with E-state index < -0.39 is 0 Å². The minimum atomic E-state index is -0.373. The van der Waals surface area contributed by atoms with Crippen molar-refractivity contribution in [3.05, 3.63) is 76.7 Å². The van der Waals surface area contributed by atoms with Crippen LogP contribution in [-0.2, 0) is 5.41 Å². The standard InChI is InChI=1S/C20H19ClFN3O/c1-20(2,3)17-12-18(23-19(26)13-6-4-7-14(21)10-13)25(24-17)16-9-5-8-15(22)11-16/h4-12H,1-3H3,(H,23,26). The summed E-state index contributed by atoms with van der Waals surface area (Å²) in [5.41, 5.74) is 1.51. The number of aromatic nitrogens is 2. The Labute approximate surface area is 156 Å². The van der Waals surface area contributed by atoms with Gasteiger partial charge in [-0.2, -0.15) is 5.10 Å². The first-order chi connectivity index (χ1) is 12.2. The van der Waals surface area contributed by atoms with Gasteiger partial charge in [0, 0.05) is 22.1 Å².